The third-order valence-electron chi connectivity index (χ3n) is 3.28. The Balaban J connectivity index is 2.04. The molecular weight excluding hydrogens is 228 g/mol. The Morgan fingerprint density at radius 1 is 1.33 bits per heavy atom. The van der Waals surface area contributed by atoms with Gasteiger partial charge in [0.2, 0.25) is 11.8 Å². The predicted molar refractivity (Wildman–Crippen MR) is 68.7 cm³/mol. The Labute approximate surface area is 107 Å². The van der Waals surface area contributed by atoms with Crippen LogP contribution in [0, 0.1) is 5.92 Å². The molecule has 1 aliphatic heterocycles. The largest absolute Gasteiger partial charge is 0.355 e. The van der Waals surface area contributed by atoms with E-state index in [4.69, 9.17) is 0 Å². The van der Waals surface area contributed by atoms with Gasteiger partial charge < -0.3 is 10.6 Å². The maximum atomic E-state index is 12.1. The summed E-state index contributed by atoms with van der Waals surface area (Å²) in [6.45, 7) is 4.37. The van der Waals surface area contributed by atoms with Crippen molar-refractivity contribution in [3.63, 3.8) is 0 Å². The van der Waals surface area contributed by atoms with Gasteiger partial charge in [0.25, 0.3) is 0 Å². The first-order chi connectivity index (χ1) is 8.49. The first kappa shape index (κ1) is 12.6. The van der Waals surface area contributed by atoms with E-state index in [1.54, 1.807) is 0 Å². The van der Waals surface area contributed by atoms with Crippen LogP contribution in [0.5, 0.6) is 0 Å². The highest BCUT2D eigenvalue weighted by Gasteiger charge is 2.31. The van der Waals surface area contributed by atoms with Crippen LogP contribution in [0.15, 0.2) is 30.3 Å². The van der Waals surface area contributed by atoms with Gasteiger partial charge in [-0.3, -0.25) is 9.59 Å². The van der Waals surface area contributed by atoms with E-state index in [1.165, 1.54) is 0 Å². The van der Waals surface area contributed by atoms with Gasteiger partial charge in [-0.05, 0) is 19.4 Å². The van der Waals surface area contributed by atoms with Gasteiger partial charge in [-0.15, -0.1) is 0 Å². The van der Waals surface area contributed by atoms with E-state index in [-0.39, 0.29) is 24.2 Å². The Bertz CT molecular complexity index is 454. The van der Waals surface area contributed by atoms with Crippen LogP contribution in [0.1, 0.15) is 25.8 Å². The molecule has 2 rings (SSSR count). The normalized spacial score (nSPS) is 19.4. The SMILES string of the molecule is CC(C)(NC(=O)[C@@H]1CNC(=O)C1)c1ccccc1. The lowest BCUT2D eigenvalue weighted by Gasteiger charge is -2.28. The van der Waals surface area contributed by atoms with Gasteiger partial charge in [-0.1, -0.05) is 30.3 Å². The average Bonchev–Trinajstić information content (AvgIpc) is 2.77. The van der Waals surface area contributed by atoms with Gasteiger partial charge in [0, 0.05) is 13.0 Å². The molecule has 1 aromatic carbocycles. The quantitative estimate of drug-likeness (QED) is 0.841. The van der Waals surface area contributed by atoms with E-state index in [0.717, 1.165) is 5.56 Å². The second-order valence-electron chi connectivity index (χ2n) is 5.19. The van der Waals surface area contributed by atoms with Crippen LogP contribution in [0.3, 0.4) is 0 Å². The standard InChI is InChI=1S/C14H18N2O2/c1-14(2,11-6-4-3-5-7-11)16-13(18)10-8-12(17)15-9-10/h3-7,10H,8-9H2,1-2H3,(H,15,17)(H,16,18)/t10-/m0/s1. The smallest absolute Gasteiger partial charge is 0.226 e. The Morgan fingerprint density at radius 3 is 2.56 bits per heavy atom. The van der Waals surface area contributed by atoms with Crippen molar-refractivity contribution in [1.82, 2.24) is 10.6 Å². The molecule has 4 nitrogen and oxygen atoms in total. The molecule has 4 heteroatoms. The molecule has 2 N–H and O–H groups in total. The van der Waals surface area contributed by atoms with Crippen LogP contribution < -0.4 is 10.6 Å². The lowest BCUT2D eigenvalue weighted by Crippen LogP contribution is -2.44. The van der Waals surface area contributed by atoms with E-state index in [2.05, 4.69) is 10.6 Å². The monoisotopic (exact) mass is 246 g/mol. The molecule has 1 aliphatic rings. The highest BCUT2D eigenvalue weighted by molar-refractivity contribution is 5.89. The molecule has 1 aromatic rings. The number of benzene rings is 1. The molecule has 0 unspecified atom stereocenters. The molecule has 18 heavy (non-hydrogen) atoms. The fraction of sp³-hybridized carbons (Fsp3) is 0.429. The number of amides is 2. The molecule has 96 valence electrons. The molecule has 0 spiro atoms. The summed E-state index contributed by atoms with van der Waals surface area (Å²) in [6.07, 6.45) is 0.288. The van der Waals surface area contributed by atoms with Crippen molar-refractivity contribution in [2.75, 3.05) is 6.54 Å². The van der Waals surface area contributed by atoms with E-state index in [1.807, 2.05) is 44.2 Å². The molecule has 1 heterocycles. The number of rotatable bonds is 3. The van der Waals surface area contributed by atoms with Crippen LogP contribution in [-0.2, 0) is 15.1 Å². The van der Waals surface area contributed by atoms with Crippen molar-refractivity contribution < 1.29 is 9.59 Å². The van der Waals surface area contributed by atoms with E-state index in [9.17, 15) is 9.59 Å². The number of hydrogen-bond donors (Lipinski definition) is 2. The van der Waals surface area contributed by atoms with Crippen LogP contribution in [0.2, 0.25) is 0 Å². The summed E-state index contributed by atoms with van der Waals surface area (Å²) in [4.78, 5) is 23.2. The second-order valence-corrected chi connectivity index (χ2v) is 5.19. The van der Waals surface area contributed by atoms with Gasteiger partial charge in [0.15, 0.2) is 0 Å². The number of hydrogen-bond acceptors (Lipinski definition) is 2. The maximum Gasteiger partial charge on any atom is 0.226 e. The molecule has 1 saturated heterocycles. The van der Waals surface area contributed by atoms with Gasteiger partial charge in [0.1, 0.15) is 0 Å². The first-order valence-corrected chi connectivity index (χ1v) is 6.13. The van der Waals surface area contributed by atoms with Crippen molar-refractivity contribution >= 4 is 11.8 Å². The number of carbonyl (C=O) groups is 2. The van der Waals surface area contributed by atoms with Crippen molar-refractivity contribution in [2.24, 2.45) is 5.92 Å². The Kier molecular flexibility index (Phi) is 3.36. The van der Waals surface area contributed by atoms with Crippen molar-refractivity contribution in [1.29, 1.82) is 0 Å². The van der Waals surface area contributed by atoms with Crippen molar-refractivity contribution in [3.8, 4) is 0 Å². The van der Waals surface area contributed by atoms with Gasteiger partial charge in [0.05, 0.1) is 11.5 Å². The lowest BCUT2D eigenvalue weighted by atomic mass is 9.93. The molecule has 1 atom stereocenters. The minimum atomic E-state index is -0.427. The van der Waals surface area contributed by atoms with E-state index < -0.39 is 5.54 Å². The number of nitrogens with one attached hydrogen (secondary N) is 2. The molecule has 0 radical (unpaired) electrons. The molecular formula is C14H18N2O2. The fourth-order valence-corrected chi connectivity index (χ4v) is 2.13. The summed E-state index contributed by atoms with van der Waals surface area (Å²) in [5.74, 6) is -0.365. The lowest BCUT2D eigenvalue weighted by molar-refractivity contribution is -0.127. The Morgan fingerprint density at radius 2 is 2.00 bits per heavy atom. The second kappa shape index (κ2) is 4.80. The summed E-state index contributed by atoms with van der Waals surface area (Å²) >= 11 is 0. The molecule has 0 bridgehead atoms. The zero-order valence-corrected chi connectivity index (χ0v) is 10.7. The minimum absolute atomic E-state index is 0.0485. The molecule has 1 fully saturated rings. The third-order valence-corrected chi connectivity index (χ3v) is 3.28. The summed E-state index contributed by atoms with van der Waals surface area (Å²) in [6, 6.07) is 9.81. The van der Waals surface area contributed by atoms with Crippen LogP contribution in [0.4, 0.5) is 0 Å². The topological polar surface area (TPSA) is 58.2 Å². The third kappa shape index (κ3) is 2.70. The predicted octanol–water partition coefficient (Wildman–Crippen LogP) is 1.17. The molecule has 0 aromatic heterocycles. The van der Waals surface area contributed by atoms with E-state index in [0.29, 0.717) is 6.54 Å². The highest BCUT2D eigenvalue weighted by atomic mass is 16.2. The van der Waals surface area contributed by atoms with Crippen LogP contribution in [-0.4, -0.2) is 18.4 Å². The van der Waals surface area contributed by atoms with Gasteiger partial charge >= 0.3 is 0 Å². The van der Waals surface area contributed by atoms with Gasteiger partial charge in [-0.25, -0.2) is 0 Å². The summed E-state index contributed by atoms with van der Waals surface area (Å²) in [5.41, 5.74) is 0.625. The molecule has 0 aliphatic carbocycles. The fourth-order valence-electron chi connectivity index (χ4n) is 2.13. The summed E-state index contributed by atoms with van der Waals surface area (Å²) < 4.78 is 0. The van der Waals surface area contributed by atoms with Crippen molar-refractivity contribution in [3.05, 3.63) is 35.9 Å². The Hall–Kier alpha value is -1.84. The first-order valence-electron chi connectivity index (χ1n) is 6.13. The van der Waals surface area contributed by atoms with Crippen molar-refractivity contribution in [2.45, 2.75) is 25.8 Å². The van der Waals surface area contributed by atoms with Crippen LogP contribution in [0.25, 0.3) is 0 Å². The zero-order valence-electron chi connectivity index (χ0n) is 10.7. The van der Waals surface area contributed by atoms with Crippen LogP contribution >= 0.6 is 0 Å². The number of carbonyl (C=O) groups excluding carboxylic acids is 2. The summed E-state index contributed by atoms with van der Waals surface area (Å²) in [7, 11) is 0. The van der Waals surface area contributed by atoms with Gasteiger partial charge in [-0.2, -0.15) is 0 Å². The zero-order chi connectivity index (χ0) is 13.2. The molecule has 0 saturated carbocycles. The average molecular weight is 246 g/mol. The highest BCUT2D eigenvalue weighted by Crippen LogP contribution is 2.21. The van der Waals surface area contributed by atoms with E-state index >= 15 is 0 Å². The maximum absolute atomic E-state index is 12.1. The summed E-state index contributed by atoms with van der Waals surface area (Å²) in [5, 5.41) is 5.68. The minimum Gasteiger partial charge on any atom is -0.355 e. The molecule has 2 amide bonds.